The van der Waals surface area contributed by atoms with Crippen molar-refractivity contribution in [2.24, 2.45) is 7.05 Å². The Morgan fingerprint density at radius 2 is 2.25 bits per heavy atom. The molecule has 0 aliphatic heterocycles. The Morgan fingerprint density at radius 3 is 2.92 bits per heavy atom. The largest absolute Gasteiger partial charge is 0.507 e. The average Bonchev–Trinajstić information content (AvgIpc) is 2.29. The molecule has 0 saturated heterocycles. The van der Waals surface area contributed by atoms with Gasteiger partial charge < -0.3 is 5.11 Å². The molecule has 0 fully saturated rings. The van der Waals surface area contributed by atoms with Crippen LogP contribution in [-0.4, -0.2) is 14.9 Å². The SMILES string of the molecule is Cn1nc(I)c2c(O)cccc21. The summed E-state index contributed by atoms with van der Waals surface area (Å²) in [6.45, 7) is 0. The van der Waals surface area contributed by atoms with Gasteiger partial charge in [-0.3, -0.25) is 4.68 Å². The zero-order valence-corrected chi connectivity index (χ0v) is 8.61. The van der Waals surface area contributed by atoms with Crippen LogP contribution in [0.3, 0.4) is 0 Å². The molecule has 1 aromatic heterocycles. The molecule has 12 heavy (non-hydrogen) atoms. The average molecular weight is 274 g/mol. The first-order valence-electron chi connectivity index (χ1n) is 3.50. The second kappa shape index (κ2) is 2.62. The number of aromatic nitrogens is 2. The van der Waals surface area contributed by atoms with E-state index in [0.29, 0.717) is 5.75 Å². The topological polar surface area (TPSA) is 38.0 Å². The number of aromatic hydroxyl groups is 1. The zero-order chi connectivity index (χ0) is 8.72. The molecule has 62 valence electrons. The van der Waals surface area contributed by atoms with Crippen molar-refractivity contribution in [1.82, 2.24) is 9.78 Å². The fourth-order valence-electron chi connectivity index (χ4n) is 1.24. The lowest BCUT2D eigenvalue weighted by Crippen LogP contribution is -1.88. The molecule has 0 atom stereocenters. The van der Waals surface area contributed by atoms with Gasteiger partial charge in [-0.05, 0) is 34.7 Å². The van der Waals surface area contributed by atoms with Crippen LogP contribution in [0.1, 0.15) is 0 Å². The molecule has 0 bridgehead atoms. The van der Waals surface area contributed by atoms with Gasteiger partial charge in [-0.25, -0.2) is 0 Å². The van der Waals surface area contributed by atoms with E-state index in [1.807, 2.05) is 19.2 Å². The molecule has 4 heteroatoms. The predicted molar refractivity (Wildman–Crippen MR) is 55.1 cm³/mol. The van der Waals surface area contributed by atoms with Crippen LogP contribution in [0.2, 0.25) is 0 Å². The lowest BCUT2D eigenvalue weighted by molar-refractivity contribution is 0.481. The highest BCUT2D eigenvalue weighted by Crippen LogP contribution is 2.27. The first-order chi connectivity index (χ1) is 5.70. The van der Waals surface area contributed by atoms with Gasteiger partial charge >= 0.3 is 0 Å². The molecule has 1 heterocycles. The summed E-state index contributed by atoms with van der Waals surface area (Å²) in [6.07, 6.45) is 0. The highest BCUT2D eigenvalue weighted by Gasteiger charge is 2.08. The first kappa shape index (κ1) is 7.85. The molecule has 0 amide bonds. The minimum absolute atomic E-state index is 0.296. The number of hydrogen-bond donors (Lipinski definition) is 1. The Balaban J connectivity index is 2.99. The lowest BCUT2D eigenvalue weighted by atomic mass is 10.2. The van der Waals surface area contributed by atoms with Crippen LogP contribution >= 0.6 is 22.6 Å². The van der Waals surface area contributed by atoms with Crippen molar-refractivity contribution in [3.05, 3.63) is 21.9 Å². The quantitative estimate of drug-likeness (QED) is 0.745. The summed E-state index contributed by atoms with van der Waals surface area (Å²) in [5.41, 5.74) is 0.958. The number of phenolic OH excluding ortho intramolecular Hbond substituents is 1. The highest BCUT2D eigenvalue weighted by molar-refractivity contribution is 14.1. The van der Waals surface area contributed by atoms with E-state index in [-0.39, 0.29) is 0 Å². The molecule has 0 aliphatic carbocycles. The molecular weight excluding hydrogens is 267 g/mol. The van der Waals surface area contributed by atoms with Crippen molar-refractivity contribution in [3.63, 3.8) is 0 Å². The van der Waals surface area contributed by atoms with Gasteiger partial charge in [0.25, 0.3) is 0 Å². The van der Waals surface area contributed by atoms with Crippen LogP contribution in [0.4, 0.5) is 0 Å². The molecule has 0 spiro atoms. The molecule has 0 unspecified atom stereocenters. The Bertz CT molecular complexity index is 436. The van der Waals surface area contributed by atoms with Crippen molar-refractivity contribution >= 4 is 33.5 Å². The third-order valence-electron chi connectivity index (χ3n) is 1.81. The van der Waals surface area contributed by atoms with Gasteiger partial charge in [0.05, 0.1) is 10.9 Å². The molecular formula is C8H7IN2O. The maximum atomic E-state index is 9.51. The number of benzene rings is 1. The molecule has 0 radical (unpaired) electrons. The first-order valence-corrected chi connectivity index (χ1v) is 4.58. The maximum absolute atomic E-state index is 9.51. The van der Waals surface area contributed by atoms with Gasteiger partial charge in [0.15, 0.2) is 0 Å². The monoisotopic (exact) mass is 274 g/mol. The fourth-order valence-corrected chi connectivity index (χ4v) is 2.12. The van der Waals surface area contributed by atoms with Gasteiger partial charge in [0.1, 0.15) is 9.45 Å². The van der Waals surface area contributed by atoms with Crippen LogP contribution in [0.25, 0.3) is 10.9 Å². The van der Waals surface area contributed by atoms with E-state index in [4.69, 9.17) is 0 Å². The van der Waals surface area contributed by atoms with Gasteiger partial charge in [-0.2, -0.15) is 5.10 Å². The van der Waals surface area contributed by atoms with Crippen LogP contribution < -0.4 is 0 Å². The Kier molecular flexibility index (Phi) is 1.71. The minimum atomic E-state index is 0.296. The molecule has 0 aliphatic rings. The number of fused-ring (bicyclic) bond motifs is 1. The predicted octanol–water partition coefficient (Wildman–Crippen LogP) is 1.88. The Labute approximate surface area is 83.1 Å². The standard InChI is InChI=1S/C8H7IN2O/c1-11-5-3-2-4-6(12)7(5)8(9)10-11/h2-4,12H,1H3. The van der Waals surface area contributed by atoms with E-state index in [9.17, 15) is 5.11 Å². The lowest BCUT2D eigenvalue weighted by Gasteiger charge is -1.94. The summed E-state index contributed by atoms with van der Waals surface area (Å²) in [7, 11) is 1.87. The summed E-state index contributed by atoms with van der Waals surface area (Å²) < 4.78 is 2.60. The number of aryl methyl sites for hydroxylation is 1. The van der Waals surface area contributed by atoms with E-state index in [0.717, 1.165) is 14.6 Å². The fraction of sp³-hybridized carbons (Fsp3) is 0.125. The number of phenols is 1. The molecule has 0 saturated carbocycles. The summed E-state index contributed by atoms with van der Waals surface area (Å²) >= 11 is 2.11. The summed E-state index contributed by atoms with van der Waals surface area (Å²) in [5, 5.41) is 14.5. The van der Waals surface area contributed by atoms with Crippen molar-refractivity contribution < 1.29 is 5.11 Å². The smallest absolute Gasteiger partial charge is 0.134 e. The second-order valence-corrected chi connectivity index (χ2v) is 3.61. The molecule has 2 aromatic rings. The number of nitrogens with zero attached hydrogens (tertiary/aromatic N) is 2. The van der Waals surface area contributed by atoms with Gasteiger partial charge in [-0.15, -0.1) is 0 Å². The van der Waals surface area contributed by atoms with E-state index in [1.165, 1.54) is 0 Å². The van der Waals surface area contributed by atoms with Gasteiger partial charge in [-0.1, -0.05) is 6.07 Å². The van der Waals surface area contributed by atoms with E-state index < -0.39 is 0 Å². The van der Waals surface area contributed by atoms with Crippen LogP contribution in [-0.2, 0) is 7.05 Å². The third kappa shape index (κ3) is 0.979. The molecule has 1 aromatic carbocycles. The molecule has 1 N–H and O–H groups in total. The normalized spacial score (nSPS) is 10.8. The summed E-state index contributed by atoms with van der Waals surface area (Å²) in [6, 6.07) is 5.42. The van der Waals surface area contributed by atoms with E-state index in [1.54, 1.807) is 10.7 Å². The zero-order valence-electron chi connectivity index (χ0n) is 6.45. The Hall–Kier alpha value is -0.780. The van der Waals surface area contributed by atoms with E-state index >= 15 is 0 Å². The van der Waals surface area contributed by atoms with E-state index in [2.05, 4.69) is 27.7 Å². The van der Waals surface area contributed by atoms with Crippen LogP contribution in [0, 0.1) is 3.70 Å². The summed E-state index contributed by atoms with van der Waals surface area (Å²) in [5.74, 6) is 0.296. The van der Waals surface area contributed by atoms with Crippen LogP contribution in [0.5, 0.6) is 5.75 Å². The maximum Gasteiger partial charge on any atom is 0.134 e. The van der Waals surface area contributed by atoms with Crippen molar-refractivity contribution in [2.45, 2.75) is 0 Å². The van der Waals surface area contributed by atoms with Crippen molar-refractivity contribution in [1.29, 1.82) is 0 Å². The summed E-state index contributed by atoms with van der Waals surface area (Å²) in [4.78, 5) is 0. The van der Waals surface area contributed by atoms with Crippen molar-refractivity contribution in [2.75, 3.05) is 0 Å². The van der Waals surface area contributed by atoms with Gasteiger partial charge in [0, 0.05) is 7.05 Å². The van der Waals surface area contributed by atoms with Gasteiger partial charge in [0.2, 0.25) is 0 Å². The van der Waals surface area contributed by atoms with Crippen LogP contribution in [0.15, 0.2) is 18.2 Å². The molecule has 2 rings (SSSR count). The van der Waals surface area contributed by atoms with Crippen molar-refractivity contribution in [3.8, 4) is 5.75 Å². The molecule has 3 nitrogen and oxygen atoms in total. The number of rotatable bonds is 0. The number of halogens is 1. The Morgan fingerprint density at radius 1 is 1.50 bits per heavy atom. The number of hydrogen-bond acceptors (Lipinski definition) is 2. The third-order valence-corrected chi connectivity index (χ3v) is 2.57. The highest BCUT2D eigenvalue weighted by atomic mass is 127. The second-order valence-electron chi connectivity index (χ2n) is 2.59. The minimum Gasteiger partial charge on any atom is -0.507 e.